The Hall–Kier alpha value is -2.11. The molecular weight excluding hydrogens is 223 g/mol. The van der Waals surface area contributed by atoms with Gasteiger partial charge in [0.15, 0.2) is 0 Å². The van der Waals surface area contributed by atoms with Crippen molar-refractivity contribution in [1.29, 1.82) is 0 Å². The highest BCUT2D eigenvalue weighted by atomic mass is 19.1. The molecule has 0 saturated carbocycles. The number of nitrogens with one attached hydrogen (secondary N) is 1. The fourth-order valence-electron chi connectivity index (χ4n) is 1.47. The van der Waals surface area contributed by atoms with Gasteiger partial charge in [-0.25, -0.2) is 4.39 Å². The van der Waals surface area contributed by atoms with Crippen molar-refractivity contribution in [2.24, 2.45) is 7.05 Å². The van der Waals surface area contributed by atoms with Crippen LogP contribution in [0.2, 0.25) is 0 Å². The molecule has 17 heavy (non-hydrogen) atoms. The molecule has 0 radical (unpaired) electrons. The van der Waals surface area contributed by atoms with Crippen LogP contribution in [0.5, 0.6) is 5.75 Å². The summed E-state index contributed by atoms with van der Waals surface area (Å²) in [5.41, 5.74) is 1.53. The van der Waals surface area contributed by atoms with Gasteiger partial charge < -0.3 is 10.1 Å². The van der Waals surface area contributed by atoms with Crippen LogP contribution in [0.3, 0.4) is 0 Å². The molecule has 0 unspecified atom stereocenters. The molecule has 1 N–H and O–H groups in total. The highest BCUT2D eigenvalue weighted by molar-refractivity contribution is 5.56. The zero-order chi connectivity index (χ0) is 12.3. The first kappa shape index (κ1) is 11.4. The Morgan fingerprint density at radius 1 is 1.47 bits per heavy atom. The average Bonchev–Trinajstić information content (AvgIpc) is 2.73. The number of aryl methyl sites for hydroxylation is 1. The van der Waals surface area contributed by atoms with Gasteiger partial charge in [-0.15, -0.1) is 5.10 Å². The molecule has 2 aromatic rings. The Morgan fingerprint density at radius 2 is 2.29 bits per heavy atom. The lowest BCUT2D eigenvalue weighted by atomic mass is 10.2. The Labute approximate surface area is 98.2 Å². The summed E-state index contributed by atoms with van der Waals surface area (Å²) in [4.78, 5) is 0. The van der Waals surface area contributed by atoms with Crippen molar-refractivity contribution in [2.75, 3.05) is 12.4 Å². The summed E-state index contributed by atoms with van der Waals surface area (Å²) < 4.78 is 19.7. The summed E-state index contributed by atoms with van der Waals surface area (Å²) in [5.74, 6) is 0.140. The smallest absolute Gasteiger partial charge is 0.144 e. The van der Waals surface area contributed by atoms with E-state index in [0.717, 1.165) is 11.4 Å². The third-order valence-corrected chi connectivity index (χ3v) is 2.27. The van der Waals surface area contributed by atoms with Gasteiger partial charge in [0.1, 0.15) is 17.3 Å². The fraction of sp³-hybridized carbons (Fsp3) is 0.273. The lowest BCUT2D eigenvalue weighted by Crippen LogP contribution is -2.02. The largest absolute Gasteiger partial charge is 0.494 e. The SMILES string of the molecule is COc1cc(F)ccc1NCc1cn(C)nn1. The number of methoxy groups -OCH3 is 1. The Morgan fingerprint density at radius 3 is 2.94 bits per heavy atom. The van der Waals surface area contributed by atoms with Gasteiger partial charge in [-0.1, -0.05) is 5.21 Å². The van der Waals surface area contributed by atoms with E-state index in [1.165, 1.54) is 19.2 Å². The van der Waals surface area contributed by atoms with E-state index in [2.05, 4.69) is 15.6 Å². The summed E-state index contributed by atoms with van der Waals surface area (Å²) in [6.45, 7) is 0.510. The second-order valence-corrected chi connectivity index (χ2v) is 3.58. The maximum absolute atomic E-state index is 13.0. The summed E-state index contributed by atoms with van der Waals surface area (Å²) >= 11 is 0. The fourth-order valence-corrected chi connectivity index (χ4v) is 1.47. The standard InChI is InChI=1S/C11H13FN4O/c1-16-7-9(14-15-16)6-13-10-4-3-8(12)5-11(10)17-2/h3-5,7,13H,6H2,1-2H3. The zero-order valence-corrected chi connectivity index (χ0v) is 9.64. The highest BCUT2D eigenvalue weighted by Crippen LogP contribution is 2.25. The van der Waals surface area contributed by atoms with Crippen molar-refractivity contribution in [3.05, 3.63) is 35.9 Å². The normalized spacial score (nSPS) is 10.3. The van der Waals surface area contributed by atoms with E-state index in [0.29, 0.717) is 12.3 Å². The van der Waals surface area contributed by atoms with Crippen molar-refractivity contribution >= 4 is 5.69 Å². The molecule has 90 valence electrons. The summed E-state index contributed by atoms with van der Waals surface area (Å²) in [7, 11) is 3.30. The molecule has 1 heterocycles. The molecule has 0 aliphatic carbocycles. The molecule has 1 aromatic carbocycles. The number of anilines is 1. The van der Waals surface area contributed by atoms with Crippen molar-refractivity contribution in [3.8, 4) is 5.75 Å². The van der Waals surface area contributed by atoms with Crippen LogP contribution < -0.4 is 10.1 Å². The Bertz CT molecular complexity index is 512. The minimum atomic E-state index is -0.327. The van der Waals surface area contributed by atoms with Crippen LogP contribution >= 0.6 is 0 Å². The Kier molecular flexibility index (Phi) is 3.22. The zero-order valence-electron chi connectivity index (χ0n) is 9.64. The number of halogens is 1. The van der Waals surface area contributed by atoms with Crippen LogP contribution in [-0.4, -0.2) is 22.1 Å². The maximum Gasteiger partial charge on any atom is 0.144 e. The highest BCUT2D eigenvalue weighted by Gasteiger charge is 2.05. The number of aromatic nitrogens is 3. The topological polar surface area (TPSA) is 52.0 Å². The molecule has 6 heteroatoms. The van der Waals surface area contributed by atoms with Gasteiger partial charge in [0.2, 0.25) is 0 Å². The molecule has 0 saturated heterocycles. The quantitative estimate of drug-likeness (QED) is 0.875. The van der Waals surface area contributed by atoms with Crippen molar-refractivity contribution in [2.45, 2.75) is 6.54 Å². The molecule has 1 aromatic heterocycles. The third kappa shape index (κ3) is 2.72. The van der Waals surface area contributed by atoms with Crippen LogP contribution in [0.1, 0.15) is 5.69 Å². The van der Waals surface area contributed by atoms with Crippen molar-refractivity contribution in [1.82, 2.24) is 15.0 Å². The van der Waals surface area contributed by atoms with Crippen LogP contribution in [-0.2, 0) is 13.6 Å². The molecule has 2 rings (SSSR count). The first-order valence-corrected chi connectivity index (χ1v) is 5.11. The van der Waals surface area contributed by atoms with E-state index >= 15 is 0 Å². The molecule has 5 nitrogen and oxygen atoms in total. The molecular formula is C11H13FN4O. The van der Waals surface area contributed by atoms with Crippen LogP contribution in [0.4, 0.5) is 10.1 Å². The van der Waals surface area contributed by atoms with E-state index in [1.54, 1.807) is 17.8 Å². The summed E-state index contributed by atoms with van der Waals surface area (Å²) in [5, 5.41) is 10.9. The van der Waals surface area contributed by atoms with Gasteiger partial charge in [-0.3, -0.25) is 4.68 Å². The van der Waals surface area contributed by atoms with Gasteiger partial charge >= 0.3 is 0 Å². The second kappa shape index (κ2) is 4.82. The first-order chi connectivity index (χ1) is 8.19. The molecule has 0 aliphatic heterocycles. The van der Waals surface area contributed by atoms with Crippen LogP contribution in [0.25, 0.3) is 0 Å². The van der Waals surface area contributed by atoms with Gasteiger partial charge in [-0.2, -0.15) is 0 Å². The average molecular weight is 236 g/mol. The van der Waals surface area contributed by atoms with Crippen LogP contribution in [0, 0.1) is 5.82 Å². The number of hydrogen-bond acceptors (Lipinski definition) is 4. The molecule has 0 fully saturated rings. The van der Waals surface area contributed by atoms with E-state index in [9.17, 15) is 4.39 Å². The maximum atomic E-state index is 13.0. The monoisotopic (exact) mass is 236 g/mol. The number of ether oxygens (including phenoxy) is 1. The number of nitrogens with zero attached hydrogens (tertiary/aromatic N) is 3. The molecule has 0 amide bonds. The second-order valence-electron chi connectivity index (χ2n) is 3.58. The predicted octanol–water partition coefficient (Wildman–Crippen LogP) is 1.57. The van der Waals surface area contributed by atoms with Gasteiger partial charge in [0, 0.05) is 19.3 Å². The van der Waals surface area contributed by atoms with Crippen molar-refractivity contribution < 1.29 is 9.13 Å². The van der Waals surface area contributed by atoms with Crippen molar-refractivity contribution in [3.63, 3.8) is 0 Å². The molecule has 0 atom stereocenters. The minimum Gasteiger partial charge on any atom is -0.494 e. The third-order valence-electron chi connectivity index (χ3n) is 2.27. The first-order valence-electron chi connectivity index (χ1n) is 5.11. The van der Waals surface area contributed by atoms with Gasteiger partial charge in [0.05, 0.1) is 19.3 Å². The lowest BCUT2D eigenvalue weighted by molar-refractivity contribution is 0.413. The minimum absolute atomic E-state index is 0.327. The molecule has 0 bridgehead atoms. The van der Waals surface area contributed by atoms with Crippen LogP contribution in [0.15, 0.2) is 24.4 Å². The summed E-state index contributed by atoms with van der Waals surface area (Å²) in [6, 6.07) is 4.34. The lowest BCUT2D eigenvalue weighted by Gasteiger charge is -2.09. The van der Waals surface area contributed by atoms with E-state index < -0.39 is 0 Å². The Balaban J connectivity index is 2.08. The number of benzene rings is 1. The molecule has 0 spiro atoms. The number of hydrogen-bond donors (Lipinski definition) is 1. The summed E-state index contributed by atoms with van der Waals surface area (Å²) in [6.07, 6.45) is 1.81. The van der Waals surface area contributed by atoms with E-state index in [1.807, 2.05) is 6.20 Å². The molecule has 0 aliphatic rings. The van der Waals surface area contributed by atoms with E-state index in [-0.39, 0.29) is 5.82 Å². The van der Waals surface area contributed by atoms with Gasteiger partial charge in [0.25, 0.3) is 0 Å². The predicted molar refractivity (Wildman–Crippen MR) is 61.3 cm³/mol. The number of rotatable bonds is 4. The van der Waals surface area contributed by atoms with Gasteiger partial charge in [-0.05, 0) is 12.1 Å². The van der Waals surface area contributed by atoms with E-state index in [4.69, 9.17) is 4.74 Å².